The highest BCUT2D eigenvalue weighted by atomic mass is 32.2. The Balaban J connectivity index is 2.03. The lowest BCUT2D eigenvalue weighted by molar-refractivity contribution is 0.0698. The SMILES string of the molecule is COc1cc2ncc(-c3cc(F)nc(NCCCC(C)(C)O)c3)n2cc1S(=O)(=O)C(C)(C)C. The van der Waals surface area contributed by atoms with Crippen LogP contribution in [0.5, 0.6) is 5.75 Å². The molecular formula is C23H31FN4O4S. The number of aliphatic hydroxyl groups is 1. The number of nitrogens with one attached hydrogen (secondary N) is 1. The second kappa shape index (κ2) is 8.90. The first kappa shape index (κ1) is 24.9. The number of rotatable bonds is 8. The summed E-state index contributed by atoms with van der Waals surface area (Å²) in [6.45, 7) is 8.84. The molecule has 0 aromatic carbocycles. The van der Waals surface area contributed by atoms with Gasteiger partial charge < -0.3 is 15.2 Å². The van der Waals surface area contributed by atoms with Gasteiger partial charge in [0.1, 0.15) is 22.1 Å². The number of hydrogen-bond donors (Lipinski definition) is 2. The highest BCUT2D eigenvalue weighted by Crippen LogP contribution is 2.34. The number of sulfone groups is 1. The number of methoxy groups -OCH3 is 1. The van der Waals surface area contributed by atoms with E-state index in [1.54, 1.807) is 57.3 Å². The second-order valence-electron chi connectivity index (χ2n) is 9.60. The van der Waals surface area contributed by atoms with Crippen LogP contribution in [0.2, 0.25) is 0 Å². The van der Waals surface area contributed by atoms with Crippen LogP contribution in [0.3, 0.4) is 0 Å². The number of pyridine rings is 2. The standard InChI is InChI=1S/C23H31FN4O4S/c1-22(2,3)33(30,31)18-14-28-16(13-26-21(28)12-17(18)32-6)15-10-19(24)27-20(11-15)25-9-7-8-23(4,5)29/h10-14,29H,7-9H2,1-6H3,(H,25,27). The molecular weight excluding hydrogens is 447 g/mol. The van der Waals surface area contributed by atoms with Gasteiger partial charge in [-0.2, -0.15) is 4.39 Å². The Morgan fingerprint density at radius 2 is 1.88 bits per heavy atom. The zero-order valence-corrected chi connectivity index (χ0v) is 20.6. The van der Waals surface area contributed by atoms with Gasteiger partial charge in [-0.25, -0.2) is 18.4 Å². The Bertz CT molecular complexity index is 1260. The molecule has 0 atom stereocenters. The molecule has 0 aliphatic rings. The maximum absolute atomic E-state index is 14.3. The van der Waals surface area contributed by atoms with Crippen LogP contribution < -0.4 is 10.1 Å². The van der Waals surface area contributed by atoms with Crippen molar-refractivity contribution in [3.63, 3.8) is 0 Å². The Kier molecular flexibility index (Phi) is 6.72. The fourth-order valence-electron chi connectivity index (χ4n) is 3.36. The van der Waals surface area contributed by atoms with E-state index in [2.05, 4.69) is 15.3 Å². The van der Waals surface area contributed by atoms with Gasteiger partial charge in [-0.15, -0.1) is 0 Å². The minimum absolute atomic E-state index is 0.0312. The largest absolute Gasteiger partial charge is 0.495 e. The van der Waals surface area contributed by atoms with Gasteiger partial charge >= 0.3 is 0 Å². The number of halogens is 1. The van der Waals surface area contributed by atoms with E-state index in [1.807, 2.05) is 0 Å². The van der Waals surface area contributed by atoms with Crippen molar-refractivity contribution in [1.82, 2.24) is 14.4 Å². The van der Waals surface area contributed by atoms with E-state index in [0.29, 0.717) is 42.1 Å². The quantitative estimate of drug-likeness (QED) is 0.371. The number of aromatic nitrogens is 3. The molecule has 3 aromatic rings. The van der Waals surface area contributed by atoms with Crippen LogP contribution in [0.1, 0.15) is 47.5 Å². The molecule has 0 saturated carbocycles. The number of fused-ring (bicyclic) bond motifs is 1. The summed E-state index contributed by atoms with van der Waals surface area (Å²) in [5, 5.41) is 12.9. The lowest BCUT2D eigenvalue weighted by atomic mass is 10.0. The molecule has 0 amide bonds. The fourth-order valence-corrected chi connectivity index (χ4v) is 4.68. The van der Waals surface area contributed by atoms with Crippen LogP contribution in [0, 0.1) is 5.95 Å². The average molecular weight is 479 g/mol. The number of imidazole rings is 1. The predicted molar refractivity (Wildman–Crippen MR) is 126 cm³/mol. The van der Waals surface area contributed by atoms with E-state index in [9.17, 15) is 17.9 Å². The molecule has 0 unspecified atom stereocenters. The molecule has 0 aliphatic carbocycles. The van der Waals surface area contributed by atoms with Crippen molar-refractivity contribution in [3.8, 4) is 17.0 Å². The molecule has 0 saturated heterocycles. The number of nitrogens with zero attached hydrogens (tertiary/aromatic N) is 3. The second-order valence-corrected chi connectivity index (χ2v) is 12.3. The highest BCUT2D eigenvalue weighted by Gasteiger charge is 2.34. The third-order valence-electron chi connectivity index (χ3n) is 5.25. The van der Waals surface area contributed by atoms with Crippen LogP contribution in [0.25, 0.3) is 16.9 Å². The zero-order chi connectivity index (χ0) is 24.6. The molecule has 8 nitrogen and oxygen atoms in total. The molecule has 0 aliphatic heterocycles. The van der Waals surface area contributed by atoms with Gasteiger partial charge in [0, 0.05) is 30.4 Å². The molecule has 3 rings (SSSR count). The van der Waals surface area contributed by atoms with Crippen molar-refractivity contribution < 1.29 is 22.7 Å². The first-order valence-corrected chi connectivity index (χ1v) is 12.2. The van der Waals surface area contributed by atoms with Crippen LogP contribution in [0.4, 0.5) is 10.2 Å². The van der Waals surface area contributed by atoms with E-state index in [-0.39, 0.29) is 10.6 Å². The van der Waals surface area contributed by atoms with Gasteiger partial charge in [0.2, 0.25) is 5.95 Å². The smallest absolute Gasteiger partial charge is 0.215 e. The first-order valence-electron chi connectivity index (χ1n) is 10.7. The van der Waals surface area contributed by atoms with E-state index >= 15 is 0 Å². The van der Waals surface area contributed by atoms with E-state index in [1.165, 1.54) is 19.4 Å². The summed E-state index contributed by atoms with van der Waals surface area (Å²) in [6.07, 6.45) is 4.28. The first-order chi connectivity index (χ1) is 15.2. The van der Waals surface area contributed by atoms with Gasteiger partial charge in [0.05, 0.1) is 29.3 Å². The lowest BCUT2D eigenvalue weighted by Gasteiger charge is -2.21. The van der Waals surface area contributed by atoms with Gasteiger partial charge in [-0.1, -0.05) is 0 Å². The van der Waals surface area contributed by atoms with Gasteiger partial charge in [-0.05, 0) is 53.5 Å². The molecule has 0 bridgehead atoms. The van der Waals surface area contributed by atoms with Crippen molar-refractivity contribution in [2.75, 3.05) is 19.0 Å². The topological polar surface area (TPSA) is 106 Å². The summed E-state index contributed by atoms with van der Waals surface area (Å²) in [5.74, 6) is -0.139. The fraction of sp³-hybridized carbons (Fsp3) is 0.478. The zero-order valence-electron chi connectivity index (χ0n) is 19.8. The highest BCUT2D eigenvalue weighted by molar-refractivity contribution is 7.92. The van der Waals surface area contributed by atoms with Crippen LogP contribution in [-0.4, -0.2) is 51.9 Å². The maximum atomic E-state index is 14.3. The molecule has 3 heterocycles. The van der Waals surface area contributed by atoms with Crippen molar-refractivity contribution in [3.05, 3.63) is 36.5 Å². The van der Waals surface area contributed by atoms with E-state index < -0.39 is 26.1 Å². The molecule has 3 aromatic heterocycles. The molecule has 0 spiro atoms. The number of hydrogen-bond acceptors (Lipinski definition) is 7. The predicted octanol–water partition coefficient (Wildman–Crippen LogP) is 4.08. The Hall–Kier alpha value is -2.72. The third kappa shape index (κ3) is 5.44. The summed E-state index contributed by atoms with van der Waals surface area (Å²) >= 11 is 0. The molecule has 33 heavy (non-hydrogen) atoms. The average Bonchev–Trinajstić information content (AvgIpc) is 3.11. The van der Waals surface area contributed by atoms with Crippen LogP contribution >= 0.6 is 0 Å². The molecule has 2 N–H and O–H groups in total. The van der Waals surface area contributed by atoms with Crippen molar-refractivity contribution in [2.24, 2.45) is 0 Å². The Morgan fingerprint density at radius 1 is 1.18 bits per heavy atom. The van der Waals surface area contributed by atoms with Crippen molar-refractivity contribution >= 4 is 21.3 Å². The normalized spacial score (nSPS) is 12.8. The number of anilines is 1. The Morgan fingerprint density at radius 3 is 2.48 bits per heavy atom. The van der Waals surface area contributed by atoms with E-state index in [0.717, 1.165) is 0 Å². The van der Waals surface area contributed by atoms with Crippen LogP contribution in [0.15, 0.2) is 35.5 Å². The minimum atomic E-state index is -3.72. The summed E-state index contributed by atoms with van der Waals surface area (Å²) < 4.78 is 46.5. The van der Waals surface area contributed by atoms with Gasteiger partial charge in [-0.3, -0.25) is 4.40 Å². The lowest BCUT2D eigenvalue weighted by Crippen LogP contribution is -2.28. The molecule has 10 heteroatoms. The Labute approximate surface area is 193 Å². The third-order valence-corrected chi connectivity index (χ3v) is 7.75. The van der Waals surface area contributed by atoms with Crippen LogP contribution in [-0.2, 0) is 9.84 Å². The number of ether oxygens (including phenoxy) is 1. The summed E-state index contributed by atoms with van der Waals surface area (Å²) in [6, 6.07) is 4.50. The summed E-state index contributed by atoms with van der Waals surface area (Å²) in [4.78, 5) is 8.27. The maximum Gasteiger partial charge on any atom is 0.215 e. The van der Waals surface area contributed by atoms with Gasteiger partial charge in [0.25, 0.3) is 0 Å². The van der Waals surface area contributed by atoms with E-state index in [4.69, 9.17) is 4.74 Å². The molecule has 0 radical (unpaired) electrons. The molecule has 180 valence electrons. The minimum Gasteiger partial charge on any atom is -0.495 e. The monoisotopic (exact) mass is 478 g/mol. The summed E-state index contributed by atoms with van der Waals surface area (Å²) in [7, 11) is -2.32. The molecule has 0 fully saturated rings. The summed E-state index contributed by atoms with van der Waals surface area (Å²) in [5.41, 5.74) is 0.694. The van der Waals surface area contributed by atoms with Crippen molar-refractivity contribution in [1.29, 1.82) is 0 Å². The van der Waals surface area contributed by atoms with Crippen molar-refractivity contribution in [2.45, 2.75) is 62.7 Å². The van der Waals surface area contributed by atoms with Gasteiger partial charge in [0.15, 0.2) is 9.84 Å².